The molecule has 0 bridgehead atoms. The summed E-state index contributed by atoms with van der Waals surface area (Å²) in [4.78, 5) is 2.34. The van der Waals surface area contributed by atoms with E-state index in [1.165, 1.54) is 5.56 Å². The van der Waals surface area contributed by atoms with Gasteiger partial charge in [0.2, 0.25) is 0 Å². The van der Waals surface area contributed by atoms with Crippen LogP contribution >= 0.6 is 15.9 Å². The number of hydrogen-bond donors (Lipinski definition) is 1. The fraction of sp³-hybridized carbons (Fsp3) is 0.500. The molecule has 2 rings (SSSR count). The van der Waals surface area contributed by atoms with Gasteiger partial charge in [0.05, 0.1) is 0 Å². The molecule has 0 spiro atoms. The van der Waals surface area contributed by atoms with Crippen LogP contribution < -0.4 is 5.73 Å². The van der Waals surface area contributed by atoms with Crippen LogP contribution in [-0.4, -0.2) is 40.2 Å². The van der Waals surface area contributed by atoms with Gasteiger partial charge < -0.3 is 5.73 Å². The van der Waals surface area contributed by atoms with Gasteiger partial charge in [-0.3, -0.25) is 9.11 Å². The molecule has 1 aliphatic rings. The van der Waals surface area contributed by atoms with Crippen molar-refractivity contribution in [1.82, 2.24) is 4.90 Å². The zero-order chi connectivity index (χ0) is 12.3. The summed E-state index contributed by atoms with van der Waals surface area (Å²) in [6, 6.07) is 8.51. The van der Waals surface area contributed by atoms with Crippen molar-refractivity contribution in [2.75, 3.05) is 31.1 Å². The van der Waals surface area contributed by atoms with Crippen molar-refractivity contribution in [3.05, 3.63) is 34.3 Å². The molecule has 0 aromatic heterocycles. The molecule has 0 aliphatic carbocycles. The maximum Gasteiger partial charge on any atom is 0.0471 e. The molecule has 5 heteroatoms. The highest BCUT2D eigenvalue weighted by Gasteiger charge is 2.23. The number of benzene rings is 1. The Morgan fingerprint density at radius 3 is 2.71 bits per heavy atom. The minimum Gasteiger partial charge on any atom is -0.329 e. The third-order valence-electron chi connectivity index (χ3n) is 3.11. The van der Waals surface area contributed by atoms with E-state index in [2.05, 4.69) is 33.0 Å². The van der Waals surface area contributed by atoms with Gasteiger partial charge in [-0.1, -0.05) is 28.1 Å². The highest BCUT2D eigenvalue weighted by atomic mass is 79.9. The predicted octanol–water partition coefficient (Wildman–Crippen LogP) is 1.51. The lowest BCUT2D eigenvalue weighted by atomic mass is 10.1. The van der Waals surface area contributed by atoms with E-state index in [4.69, 9.17) is 5.73 Å². The SMILES string of the molecule is NCC(c1cccc(Br)c1)N1CCS(=O)CC1. The fourth-order valence-electron chi connectivity index (χ4n) is 2.17. The van der Waals surface area contributed by atoms with Crippen molar-refractivity contribution < 1.29 is 4.21 Å². The van der Waals surface area contributed by atoms with Gasteiger partial charge in [-0.05, 0) is 17.7 Å². The molecule has 1 unspecified atom stereocenters. The minimum atomic E-state index is -0.632. The van der Waals surface area contributed by atoms with Crippen LogP contribution in [0.25, 0.3) is 0 Å². The first-order chi connectivity index (χ1) is 8.20. The van der Waals surface area contributed by atoms with E-state index in [1.807, 2.05) is 12.1 Å². The first-order valence-corrected chi connectivity index (χ1v) is 8.03. The Morgan fingerprint density at radius 1 is 1.41 bits per heavy atom. The van der Waals surface area contributed by atoms with Crippen molar-refractivity contribution >= 4 is 26.7 Å². The Kier molecular flexibility index (Phi) is 4.73. The summed E-state index contributed by atoms with van der Waals surface area (Å²) in [5.41, 5.74) is 7.12. The molecule has 0 saturated carbocycles. The zero-order valence-electron chi connectivity index (χ0n) is 9.64. The Morgan fingerprint density at radius 2 is 2.12 bits per heavy atom. The first kappa shape index (κ1) is 13.2. The van der Waals surface area contributed by atoms with Gasteiger partial charge in [-0.2, -0.15) is 0 Å². The van der Waals surface area contributed by atoms with Crippen molar-refractivity contribution in [1.29, 1.82) is 0 Å². The van der Waals surface area contributed by atoms with Crippen LogP contribution in [0.5, 0.6) is 0 Å². The van der Waals surface area contributed by atoms with E-state index < -0.39 is 10.8 Å². The van der Waals surface area contributed by atoms with Crippen LogP contribution in [0.15, 0.2) is 28.7 Å². The molecular weight excluding hydrogens is 300 g/mol. The van der Waals surface area contributed by atoms with Crippen LogP contribution in [0.3, 0.4) is 0 Å². The maximum absolute atomic E-state index is 11.4. The van der Waals surface area contributed by atoms with Gasteiger partial charge in [0.1, 0.15) is 0 Å². The number of nitrogens with two attached hydrogens (primary N) is 1. The second-order valence-corrected chi connectivity index (χ2v) is 6.80. The second kappa shape index (κ2) is 6.09. The molecule has 0 radical (unpaired) electrons. The Balaban J connectivity index is 2.13. The monoisotopic (exact) mass is 316 g/mol. The summed E-state index contributed by atoms with van der Waals surface area (Å²) in [5.74, 6) is 1.54. The zero-order valence-corrected chi connectivity index (χ0v) is 12.0. The van der Waals surface area contributed by atoms with Gasteiger partial charge in [0.25, 0.3) is 0 Å². The van der Waals surface area contributed by atoms with Crippen LogP contribution in [0.1, 0.15) is 11.6 Å². The lowest BCUT2D eigenvalue weighted by Gasteiger charge is -2.33. The van der Waals surface area contributed by atoms with E-state index in [-0.39, 0.29) is 6.04 Å². The number of halogens is 1. The van der Waals surface area contributed by atoms with Crippen LogP contribution in [-0.2, 0) is 10.8 Å². The van der Waals surface area contributed by atoms with E-state index in [0.29, 0.717) is 6.54 Å². The third-order valence-corrected chi connectivity index (χ3v) is 4.88. The summed E-state index contributed by atoms with van der Waals surface area (Å²) >= 11 is 3.49. The number of hydrogen-bond acceptors (Lipinski definition) is 3. The summed E-state index contributed by atoms with van der Waals surface area (Å²) in [5, 5.41) is 0. The summed E-state index contributed by atoms with van der Waals surface area (Å²) in [6.07, 6.45) is 0. The molecule has 1 fully saturated rings. The molecular formula is C12H17BrN2OS. The van der Waals surface area contributed by atoms with Gasteiger partial charge in [0.15, 0.2) is 0 Å². The minimum absolute atomic E-state index is 0.241. The van der Waals surface area contributed by atoms with Crippen molar-refractivity contribution in [3.63, 3.8) is 0 Å². The average Bonchev–Trinajstić information content (AvgIpc) is 2.33. The van der Waals surface area contributed by atoms with Crippen molar-refractivity contribution in [3.8, 4) is 0 Å². The molecule has 1 aromatic carbocycles. The van der Waals surface area contributed by atoms with Gasteiger partial charge in [-0.15, -0.1) is 0 Å². The lowest BCUT2D eigenvalue weighted by molar-refractivity contribution is 0.221. The van der Waals surface area contributed by atoms with Gasteiger partial charge in [0, 0.05) is 52.5 Å². The highest BCUT2D eigenvalue weighted by molar-refractivity contribution is 9.10. The van der Waals surface area contributed by atoms with Gasteiger partial charge >= 0.3 is 0 Å². The summed E-state index contributed by atoms with van der Waals surface area (Å²) < 4.78 is 12.4. The molecule has 2 N–H and O–H groups in total. The topological polar surface area (TPSA) is 46.3 Å². The van der Waals surface area contributed by atoms with E-state index in [9.17, 15) is 4.21 Å². The van der Waals surface area contributed by atoms with Crippen LogP contribution in [0, 0.1) is 0 Å². The normalized spacial score (nSPS) is 20.4. The molecule has 17 heavy (non-hydrogen) atoms. The van der Waals surface area contributed by atoms with Crippen LogP contribution in [0.4, 0.5) is 0 Å². The predicted molar refractivity (Wildman–Crippen MR) is 75.4 cm³/mol. The Bertz CT molecular complexity index is 403. The van der Waals surface area contributed by atoms with Crippen molar-refractivity contribution in [2.24, 2.45) is 5.73 Å². The molecule has 3 nitrogen and oxygen atoms in total. The van der Waals surface area contributed by atoms with E-state index in [1.54, 1.807) is 0 Å². The lowest BCUT2D eigenvalue weighted by Crippen LogP contribution is -2.42. The quantitative estimate of drug-likeness (QED) is 0.919. The molecule has 1 atom stereocenters. The van der Waals surface area contributed by atoms with Crippen molar-refractivity contribution in [2.45, 2.75) is 6.04 Å². The standard InChI is InChI=1S/C12H17BrN2OS/c13-11-3-1-2-10(8-11)12(9-14)15-4-6-17(16)7-5-15/h1-3,8,12H,4-7,9,14H2. The van der Waals surface area contributed by atoms with E-state index in [0.717, 1.165) is 29.1 Å². The Labute approximate surface area is 113 Å². The molecule has 1 saturated heterocycles. The van der Waals surface area contributed by atoms with E-state index >= 15 is 0 Å². The maximum atomic E-state index is 11.4. The van der Waals surface area contributed by atoms with Crippen LogP contribution in [0.2, 0.25) is 0 Å². The molecule has 1 aliphatic heterocycles. The average molecular weight is 317 g/mol. The number of nitrogens with zero attached hydrogens (tertiary/aromatic N) is 1. The Hall–Kier alpha value is -0.230. The smallest absolute Gasteiger partial charge is 0.0471 e. The van der Waals surface area contributed by atoms with Gasteiger partial charge in [-0.25, -0.2) is 0 Å². The third kappa shape index (κ3) is 3.37. The molecule has 1 heterocycles. The highest BCUT2D eigenvalue weighted by Crippen LogP contribution is 2.23. The first-order valence-electron chi connectivity index (χ1n) is 5.75. The molecule has 94 valence electrons. The summed E-state index contributed by atoms with van der Waals surface area (Å²) in [7, 11) is -0.632. The molecule has 0 amide bonds. The second-order valence-electron chi connectivity index (χ2n) is 4.19. The largest absolute Gasteiger partial charge is 0.329 e. The number of rotatable bonds is 3. The fourth-order valence-corrected chi connectivity index (χ4v) is 3.67. The molecule has 1 aromatic rings. The summed E-state index contributed by atoms with van der Waals surface area (Å²) in [6.45, 7) is 2.35.